The summed E-state index contributed by atoms with van der Waals surface area (Å²) in [4.78, 5) is 0. The Morgan fingerprint density at radius 2 is 2.18 bits per heavy atom. The maximum Gasteiger partial charge on any atom is 0.0798 e. The Bertz CT molecular complexity index is 521. The number of benzene rings is 1. The van der Waals surface area contributed by atoms with Crippen molar-refractivity contribution in [1.82, 2.24) is 20.3 Å². The molecule has 0 fully saturated rings. The fraction of sp³-hybridized carbons (Fsp3) is 0.333. The first-order valence-electron chi connectivity index (χ1n) is 5.42. The van der Waals surface area contributed by atoms with E-state index < -0.39 is 0 Å². The highest BCUT2D eigenvalue weighted by Crippen LogP contribution is 2.28. The van der Waals surface area contributed by atoms with Crippen LogP contribution in [-0.4, -0.2) is 22.0 Å². The molecule has 1 aromatic heterocycles. The smallest absolute Gasteiger partial charge is 0.0798 e. The Morgan fingerprint density at radius 1 is 1.41 bits per heavy atom. The highest BCUT2D eigenvalue weighted by molar-refractivity contribution is 9.10. The van der Waals surface area contributed by atoms with Crippen molar-refractivity contribution >= 4 is 15.9 Å². The van der Waals surface area contributed by atoms with Gasteiger partial charge in [0.15, 0.2) is 0 Å². The first kappa shape index (κ1) is 12.3. The van der Waals surface area contributed by atoms with Gasteiger partial charge in [-0.1, -0.05) is 33.3 Å². The predicted molar refractivity (Wildman–Crippen MR) is 70.8 cm³/mol. The van der Waals surface area contributed by atoms with Gasteiger partial charge in [0, 0.05) is 11.5 Å². The van der Waals surface area contributed by atoms with Crippen LogP contribution in [0.4, 0.5) is 0 Å². The molecule has 1 N–H and O–H groups in total. The molecule has 0 bridgehead atoms. The van der Waals surface area contributed by atoms with E-state index in [1.807, 2.05) is 26.2 Å². The highest BCUT2D eigenvalue weighted by atomic mass is 79.9. The number of halogens is 1. The van der Waals surface area contributed by atoms with Gasteiger partial charge in [-0.25, -0.2) is 0 Å². The van der Waals surface area contributed by atoms with Gasteiger partial charge in [0.2, 0.25) is 0 Å². The summed E-state index contributed by atoms with van der Waals surface area (Å²) in [6.45, 7) is 2.10. The number of nitrogens with zero attached hydrogens (tertiary/aromatic N) is 3. The van der Waals surface area contributed by atoms with E-state index in [2.05, 4.69) is 44.5 Å². The van der Waals surface area contributed by atoms with Crippen molar-refractivity contribution < 1.29 is 0 Å². The Hall–Kier alpha value is -1.20. The van der Waals surface area contributed by atoms with Gasteiger partial charge < -0.3 is 5.32 Å². The molecule has 4 nitrogen and oxygen atoms in total. The van der Waals surface area contributed by atoms with Crippen molar-refractivity contribution in [2.24, 2.45) is 7.05 Å². The van der Waals surface area contributed by atoms with Crippen LogP contribution in [0.1, 0.15) is 22.9 Å². The molecule has 0 amide bonds. The summed E-state index contributed by atoms with van der Waals surface area (Å²) in [5.41, 5.74) is 3.51. The van der Waals surface area contributed by atoms with E-state index in [0.29, 0.717) is 0 Å². The SMILES string of the molecule is CNC(c1cccc(Br)c1C)c1cnnn1C. The molecule has 90 valence electrons. The van der Waals surface area contributed by atoms with E-state index in [9.17, 15) is 0 Å². The Morgan fingerprint density at radius 3 is 2.76 bits per heavy atom. The first-order valence-corrected chi connectivity index (χ1v) is 6.21. The van der Waals surface area contributed by atoms with E-state index in [1.165, 1.54) is 11.1 Å². The van der Waals surface area contributed by atoms with Gasteiger partial charge in [-0.2, -0.15) is 0 Å². The maximum absolute atomic E-state index is 3.98. The summed E-state index contributed by atoms with van der Waals surface area (Å²) in [6.07, 6.45) is 1.79. The number of rotatable bonds is 3. The van der Waals surface area contributed by atoms with E-state index in [0.717, 1.165) is 10.2 Å². The molecule has 0 aliphatic heterocycles. The van der Waals surface area contributed by atoms with Gasteiger partial charge in [0.05, 0.1) is 17.9 Å². The summed E-state index contributed by atoms with van der Waals surface area (Å²) < 4.78 is 2.91. The second kappa shape index (κ2) is 4.98. The average molecular weight is 295 g/mol. The molecule has 1 atom stereocenters. The minimum Gasteiger partial charge on any atom is -0.308 e. The van der Waals surface area contributed by atoms with Crippen molar-refractivity contribution in [3.63, 3.8) is 0 Å². The molecular weight excluding hydrogens is 280 g/mol. The quantitative estimate of drug-likeness (QED) is 0.944. The second-order valence-electron chi connectivity index (χ2n) is 3.96. The summed E-state index contributed by atoms with van der Waals surface area (Å²) in [5.74, 6) is 0. The maximum atomic E-state index is 3.98. The number of hydrogen-bond acceptors (Lipinski definition) is 3. The van der Waals surface area contributed by atoms with Crippen molar-refractivity contribution in [3.8, 4) is 0 Å². The van der Waals surface area contributed by atoms with Gasteiger partial charge in [0.1, 0.15) is 0 Å². The van der Waals surface area contributed by atoms with Gasteiger partial charge in [0.25, 0.3) is 0 Å². The summed E-state index contributed by atoms with van der Waals surface area (Å²) in [7, 11) is 3.85. The molecule has 0 saturated heterocycles. The molecule has 1 aromatic carbocycles. The topological polar surface area (TPSA) is 42.7 Å². The molecule has 0 aliphatic rings. The second-order valence-corrected chi connectivity index (χ2v) is 4.81. The fourth-order valence-corrected chi connectivity index (χ4v) is 2.34. The van der Waals surface area contributed by atoms with Crippen LogP contribution in [0.15, 0.2) is 28.9 Å². The lowest BCUT2D eigenvalue weighted by atomic mass is 9.99. The molecule has 1 heterocycles. The standard InChI is InChI=1S/C12H15BrN4/c1-8-9(5-4-6-10(8)13)12(14-2)11-7-15-16-17(11)3/h4-7,12,14H,1-3H3. The highest BCUT2D eigenvalue weighted by Gasteiger charge is 2.18. The summed E-state index contributed by atoms with van der Waals surface area (Å²) in [5, 5.41) is 11.2. The van der Waals surface area contributed by atoms with Gasteiger partial charge in [-0.05, 0) is 31.2 Å². The number of aromatic nitrogens is 3. The van der Waals surface area contributed by atoms with Crippen molar-refractivity contribution in [2.75, 3.05) is 7.05 Å². The Balaban J connectivity index is 2.50. The third kappa shape index (κ3) is 2.25. The van der Waals surface area contributed by atoms with E-state index in [1.54, 1.807) is 10.9 Å². The van der Waals surface area contributed by atoms with E-state index in [-0.39, 0.29) is 6.04 Å². The van der Waals surface area contributed by atoms with Gasteiger partial charge in [-0.15, -0.1) is 5.10 Å². The number of hydrogen-bond donors (Lipinski definition) is 1. The molecule has 17 heavy (non-hydrogen) atoms. The summed E-state index contributed by atoms with van der Waals surface area (Å²) in [6, 6.07) is 6.31. The third-order valence-corrected chi connectivity index (χ3v) is 3.81. The van der Waals surface area contributed by atoms with Gasteiger partial charge in [-0.3, -0.25) is 4.68 Å². The normalized spacial score (nSPS) is 12.7. The zero-order chi connectivity index (χ0) is 12.4. The van der Waals surface area contributed by atoms with Crippen molar-refractivity contribution in [1.29, 1.82) is 0 Å². The number of aryl methyl sites for hydroxylation is 1. The average Bonchev–Trinajstić information content (AvgIpc) is 2.72. The van der Waals surface area contributed by atoms with E-state index in [4.69, 9.17) is 0 Å². The molecule has 2 aromatic rings. The largest absolute Gasteiger partial charge is 0.308 e. The van der Waals surface area contributed by atoms with Crippen LogP contribution in [0, 0.1) is 6.92 Å². The lowest BCUT2D eigenvalue weighted by Gasteiger charge is -2.19. The lowest BCUT2D eigenvalue weighted by molar-refractivity contribution is 0.596. The molecular formula is C12H15BrN4. The zero-order valence-corrected chi connectivity index (χ0v) is 11.7. The lowest BCUT2D eigenvalue weighted by Crippen LogP contribution is -2.21. The molecule has 0 radical (unpaired) electrons. The minimum atomic E-state index is 0.104. The molecule has 5 heteroatoms. The predicted octanol–water partition coefficient (Wildman–Crippen LogP) is 2.19. The third-order valence-electron chi connectivity index (χ3n) is 2.95. The Labute approximate surface area is 109 Å². The van der Waals surface area contributed by atoms with Crippen LogP contribution >= 0.6 is 15.9 Å². The molecule has 2 rings (SSSR count). The fourth-order valence-electron chi connectivity index (χ4n) is 1.96. The molecule has 1 unspecified atom stereocenters. The van der Waals surface area contributed by atoms with Crippen LogP contribution < -0.4 is 5.32 Å². The van der Waals surface area contributed by atoms with Crippen LogP contribution in [0.5, 0.6) is 0 Å². The summed E-state index contributed by atoms with van der Waals surface area (Å²) >= 11 is 3.56. The van der Waals surface area contributed by atoms with Crippen LogP contribution in [0.25, 0.3) is 0 Å². The molecule has 0 spiro atoms. The number of nitrogens with one attached hydrogen (secondary N) is 1. The van der Waals surface area contributed by atoms with Crippen molar-refractivity contribution in [3.05, 3.63) is 45.7 Å². The van der Waals surface area contributed by atoms with E-state index >= 15 is 0 Å². The first-order chi connectivity index (χ1) is 8.15. The van der Waals surface area contributed by atoms with Crippen molar-refractivity contribution in [2.45, 2.75) is 13.0 Å². The zero-order valence-electron chi connectivity index (χ0n) is 10.1. The van der Waals surface area contributed by atoms with Crippen LogP contribution in [-0.2, 0) is 7.05 Å². The van der Waals surface area contributed by atoms with Crippen LogP contribution in [0.3, 0.4) is 0 Å². The van der Waals surface area contributed by atoms with Gasteiger partial charge >= 0.3 is 0 Å². The minimum absolute atomic E-state index is 0.104. The van der Waals surface area contributed by atoms with Crippen LogP contribution in [0.2, 0.25) is 0 Å². The Kier molecular flexibility index (Phi) is 3.59. The molecule has 0 aliphatic carbocycles. The monoisotopic (exact) mass is 294 g/mol. The molecule has 0 saturated carbocycles.